The van der Waals surface area contributed by atoms with Crippen molar-refractivity contribution in [2.75, 3.05) is 20.3 Å². The van der Waals surface area contributed by atoms with Gasteiger partial charge in [-0.3, -0.25) is 14.5 Å². The van der Waals surface area contributed by atoms with E-state index in [1.165, 1.54) is 7.11 Å². The number of hydrogen-bond acceptors (Lipinski definition) is 5. The molecule has 0 spiro atoms. The van der Waals surface area contributed by atoms with Crippen molar-refractivity contribution >= 4 is 23.9 Å². The van der Waals surface area contributed by atoms with Gasteiger partial charge in [0, 0.05) is 0 Å². The third kappa shape index (κ3) is 3.27. The summed E-state index contributed by atoms with van der Waals surface area (Å²) >= 11 is 0. The number of hydrogen-bond donors (Lipinski definition) is 1. The van der Waals surface area contributed by atoms with Gasteiger partial charge in [0.15, 0.2) is 0 Å². The molecule has 0 radical (unpaired) electrons. The van der Waals surface area contributed by atoms with Gasteiger partial charge in [-0.25, -0.2) is 4.79 Å². The van der Waals surface area contributed by atoms with E-state index in [1.54, 1.807) is 54.6 Å². The highest BCUT2D eigenvalue weighted by atomic mass is 16.5. The molecule has 132 valence electrons. The second-order valence-electron chi connectivity index (χ2n) is 5.82. The quantitative estimate of drug-likeness (QED) is 0.659. The van der Waals surface area contributed by atoms with Crippen molar-refractivity contribution in [3.63, 3.8) is 0 Å². The zero-order valence-corrected chi connectivity index (χ0v) is 14.1. The summed E-state index contributed by atoms with van der Waals surface area (Å²) in [5.41, 5.74) is 2.40. The number of methoxy groups -OCH3 is 1. The van der Waals surface area contributed by atoms with Crippen molar-refractivity contribution in [2.24, 2.45) is 0 Å². The van der Waals surface area contributed by atoms with Crippen molar-refractivity contribution in [3.8, 4) is 0 Å². The molecular formula is C20H17NO5. The first-order chi connectivity index (χ1) is 12.5. The summed E-state index contributed by atoms with van der Waals surface area (Å²) in [7, 11) is 1.31. The van der Waals surface area contributed by atoms with Gasteiger partial charge in [-0.2, -0.15) is 0 Å². The zero-order valence-electron chi connectivity index (χ0n) is 14.1. The van der Waals surface area contributed by atoms with E-state index >= 15 is 0 Å². The summed E-state index contributed by atoms with van der Waals surface area (Å²) < 4.78 is 4.65. The van der Waals surface area contributed by atoms with Crippen molar-refractivity contribution in [1.82, 2.24) is 4.90 Å². The van der Waals surface area contributed by atoms with Crippen molar-refractivity contribution in [1.29, 1.82) is 0 Å². The van der Waals surface area contributed by atoms with E-state index in [0.717, 1.165) is 10.5 Å². The molecule has 26 heavy (non-hydrogen) atoms. The molecule has 0 atom stereocenters. The molecular weight excluding hydrogens is 334 g/mol. The minimum atomic E-state index is -0.436. The number of ether oxygens (including phenoxy) is 1. The third-order valence-corrected chi connectivity index (χ3v) is 4.15. The molecule has 0 bridgehead atoms. The van der Waals surface area contributed by atoms with Crippen LogP contribution in [0.1, 0.15) is 36.6 Å². The monoisotopic (exact) mass is 351 g/mol. The van der Waals surface area contributed by atoms with Crippen LogP contribution in [0.5, 0.6) is 0 Å². The van der Waals surface area contributed by atoms with Crippen LogP contribution in [0.4, 0.5) is 0 Å². The Morgan fingerprint density at radius 2 is 1.62 bits per heavy atom. The summed E-state index contributed by atoms with van der Waals surface area (Å²) in [6.45, 7) is -0.298. The normalized spacial score (nSPS) is 13.8. The molecule has 1 aliphatic rings. The van der Waals surface area contributed by atoms with Crippen LogP contribution in [0, 0.1) is 0 Å². The SMILES string of the molecule is COC(=O)c1ccc(C=C(CO)CN2C(=O)c3ccccc3C2=O)cc1. The second-order valence-corrected chi connectivity index (χ2v) is 5.82. The van der Waals surface area contributed by atoms with Gasteiger partial charge >= 0.3 is 5.97 Å². The highest BCUT2D eigenvalue weighted by Gasteiger charge is 2.35. The van der Waals surface area contributed by atoms with Crippen LogP contribution in [0.3, 0.4) is 0 Å². The average Bonchev–Trinajstić information content (AvgIpc) is 2.92. The molecule has 0 fully saturated rings. The van der Waals surface area contributed by atoms with Crippen LogP contribution < -0.4 is 0 Å². The lowest BCUT2D eigenvalue weighted by molar-refractivity contribution is 0.0598. The van der Waals surface area contributed by atoms with Gasteiger partial charge in [-0.05, 0) is 35.4 Å². The van der Waals surface area contributed by atoms with E-state index < -0.39 is 5.97 Å². The molecule has 0 unspecified atom stereocenters. The van der Waals surface area contributed by atoms with Gasteiger partial charge in [0.1, 0.15) is 0 Å². The molecule has 3 rings (SSSR count). The first-order valence-corrected chi connectivity index (χ1v) is 7.99. The molecule has 1 N–H and O–H groups in total. The number of carbonyl (C=O) groups is 3. The molecule has 0 saturated heterocycles. The average molecular weight is 351 g/mol. The summed E-state index contributed by atoms with van der Waals surface area (Å²) in [5, 5.41) is 9.63. The lowest BCUT2D eigenvalue weighted by Crippen LogP contribution is -2.32. The van der Waals surface area contributed by atoms with Crippen molar-refractivity contribution in [3.05, 3.63) is 76.4 Å². The Bertz CT molecular complexity index is 864. The third-order valence-electron chi connectivity index (χ3n) is 4.15. The van der Waals surface area contributed by atoms with E-state index in [9.17, 15) is 19.5 Å². The second kappa shape index (κ2) is 7.33. The maximum Gasteiger partial charge on any atom is 0.337 e. The van der Waals surface area contributed by atoms with Gasteiger partial charge < -0.3 is 9.84 Å². The first-order valence-electron chi connectivity index (χ1n) is 7.99. The Balaban J connectivity index is 1.80. The first kappa shape index (κ1) is 17.6. The summed E-state index contributed by atoms with van der Waals surface area (Å²) in [6.07, 6.45) is 1.69. The van der Waals surface area contributed by atoms with Crippen LogP contribution in [0.25, 0.3) is 6.08 Å². The van der Waals surface area contributed by atoms with Crippen LogP contribution in [0.15, 0.2) is 54.1 Å². The number of carbonyl (C=O) groups excluding carboxylic acids is 3. The van der Waals surface area contributed by atoms with Crippen LogP contribution >= 0.6 is 0 Å². The molecule has 0 aliphatic carbocycles. The van der Waals surface area contributed by atoms with Crippen LogP contribution in [-0.2, 0) is 4.74 Å². The zero-order chi connectivity index (χ0) is 18.7. The van der Waals surface area contributed by atoms with Gasteiger partial charge in [0.05, 0.1) is 37.0 Å². The number of nitrogens with zero attached hydrogens (tertiary/aromatic N) is 1. The number of benzene rings is 2. The Morgan fingerprint density at radius 3 is 2.12 bits per heavy atom. The Labute approximate surface area is 150 Å². The van der Waals surface area contributed by atoms with E-state index in [2.05, 4.69) is 4.74 Å². The number of aliphatic hydroxyl groups is 1. The van der Waals surface area contributed by atoms with E-state index in [1.807, 2.05) is 0 Å². The Kier molecular flexibility index (Phi) is 4.95. The molecule has 2 aromatic carbocycles. The summed E-state index contributed by atoms with van der Waals surface area (Å²) in [4.78, 5) is 37.4. The number of imide groups is 1. The number of fused-ring (bicyclic) bond motifs is 1. The standard InChI is InChI=1S/C20H17NO5/c1-26-20(25)15-8-6-13(7-9-15)10-14(12-22)11-21-18(23)16-4-2-3-5-17(16)19(21)24/h2-10,22H,11-12H2,1H3. The van der Waals surface area contributed by atoms with Crippen LogP contribution in [0.2, 0.25) is 0 Å². The van der Waals surface area contributed by atoms with Gasteiger partial charge in [-0.1, -0.05) is 30.3 Å². The number of esters is 1. The smallest absolute Gasteiger partial charge is 0.337 e. The molecule has 0 saturated carbocycles. The van der Waals surface area contributed by atoms with Gasteiger partial charge in [0.2, 0.25) is 0 Å². The molecule has 6 heteroatoms. The lowest BCUT2D eigenvalue weighted by atomic mass is 10.1. The Hall–Kier alpha value is -3.25. The molecule has 1 aliphatic heterocycles. The molecule has 2 amide bonds. The number of amides is 2. The maximum absolute atomic E-state index is 12.4. The maximum atomic E-state index is 12.4. The highest BCUT2D eigenvalue weighted by Crippen LogP contribution is 2.23. The summed E-state index contributed by atoms with van der Waals surface area (Å²) in [5.74, 6) is -1.18. The predicted molar refractivity (Wildman–Crippen MR) is 94.7 cm³/mol. The van der Waals surface area contributed by atoms with Gasteiger partial charge in [0.25, 0.3) is 11.8 Å². The van der Waals surface area contributed by atoms with Crippen LogP contribution in [-0.4, -0.2) is 48.1 Å². The molecule has 0 aromatic heterocycles. The van der Waals surface area contributed by atoms with Crippen molar-refractivity contribution in [2.45, 2.75) is 0 Å². The fourth-order valence-electron chi connectivity index (χ4n) is 2.80. The fraction of sp³-hybridized carbons (Fsp3) is 0.150. The molecule has 1 heterocycles. The number of aliphatic hydroxyl groups excluding tert-OH is 1. The molecule has 2 aromatic rings. The lowest BCUT2D eigenvalue weighted by Gasteiger charge is -2.15. The summed E-state index contributed by atoms with van der Waals surface area (Å²) in [6, 6.07) is 13.3. The van der Waals surface area contributed by atoms with E-state index in [0.29, 0.717) is 22.3 Å². The minimum absolute atomic E-state index is 0.00159. The van der Waals surface area contributed by atoms with Crippen molar-refractivity contribution < 1.29 is 24.2 Å². The molecule has 6 nitrogen and oxygen atoms in total. The fourth-order valence-corrected chi connectivity index (χ4v) is 2.80. The van der Waals surface area contributed by atoms with E-state index in [4.69, 9.17) is 0 Å². The number of rotatable bonds is 5. The largest absolute Gasteiger partial charge is 0.465 e. The highest BCUT2D eigenvalue weighted by molar-refractivity contribution is 6.21. The predicted octanol–water partition coefficient (Wildman–Crippen LogP) is 2.15. The minimum Gasteiger partial charge on any atom is -0.465 e. The topological polar surface area (TPSA) is 83.9 Å². The van der Waals surface area contributed by atoms with E-state index in [-0.39, 0.29) is 25.0 Å². The van der Waals surface area contributed by atoms with Gasteiger partial charge in [-0.15, -0.1) is 0 Å². The Morgan fingerprint density at radius 1 is 1.04 bits per heavy atom.